The fourth-order valence-electron chi connectivity index (χ4n) is 2.54. The zero-order chi connectivity index (χ0) is 16.4. The van der Waals surface area contributed by atoms with Crippen molar-refractivity contribution in [2.45, 2.75) is 20.8 Å². The fourth-order valence-corrected chi connectivity index (χ4v) is 2.54. The number of anilines is 2. The van der Waals surface area contributed by atoms with Crippen molar-refractivity contribution in [2.24, 2.45) is 0 Å². The highest BCUT2D eigenvalue weighted by Crippen LogP contribution is 2.21. The van der Waals surface area contributed by atoms with Crippen LogP contribution in [0, 0.1) is 13.8 Å². The Kier molecular flexibility index (Phi) is 4.35. The Bertz CT molecular complexity index is 712. The summed E-state index contributed by atoms with van der Waals surface area (Å²) in [7, 11) is 3.92. The summed E-state index contributed by atoms with van der Waals surface area (Å²) >= 11 is 0. The van der Waals surface area contributed by atoms with Crippen LogP contribution < -0.4 is 10.2 Å². The molecule has 0 fully saturated rings. The Labute approximate surface area is 130 Å². The van der Waals surface area contributed by atoms with Crippen molar-refractivity contribution in [3.05, 3.63) is 46.8 Å². The Hall–Kier alpha value is -2.56. The smallest absolute Gasteiger partial charge is 0.272 e. The molecule has 5 nitrogen and oxygen atoms in total. The van der Waals surface area contributed by atoms with E-state index in [2.05, 4.69) is 10.3 Å². The Morgan fingerprint density at radius 1 is 1.09 bits per heavy atom. The van der Waals surface area contributed by atoms with Gasteiger partial charge in [0.05, 0.1) is 0 Å². The van der Waals surface area contributed by atoms with Crippen LogP contribution >= 0.6 is 0 Å². The highest BCUT2D eigenvalue weighted by atomic mass is 16.2. The lowest BCUT2D eigenvalue weighted by molar-refractivity contribution is 0.101. The van der Waals surface area contributed by atoms with Gasteiger partial charge in [0, 0.05) is 36.7 Å². The second-order valence-corrected chi connectivity index (χ2v) is 5.58. The lowest BCUT2D eigenvalue weighted by Crippen LogP contribution is -2.14. The summed E-state index contributed by atoms with van der Waals surface area (Å²) in [5.74, 6) is -0.286. The third kappa shape index (κ3) is 3.03. The maximum atomic E-state index is 12.4. The predicted molar refractivity (Wildman–Crippen MR) is 89.0 cm³/mol. The minimum Gasteiger partial charge on any atom is -0.378 e. The van der Waals surface area contributed by atoms with Gasteiger partial charge in [0.2, 0.25) is 0 Å². The highest BCUT2D eigenvalue weighted by Gasteiger charge is 2.19. The Balaban J connectivity index is 2.22. The van der Waals surface area contributed by atoms with Crippen molar-refractivity contribution in [1.29, 1.82) is 0 Å². The average molecular weight is 299 g/mol. The van der Waals surface area contributed by atoms with Crippen LogP contribution in [0.1, 0.15) is 39.0 Å². The fraction of sp³-hybridized carbons (Fsp3) is 0.294. The number of rotatable bonds is 4. The summed E-state index contributed by atoms with van der Waals surface area (Å²) in [4.78, 5) is 29.0. The largest absolute Gasteiger partial charge is 0.378 e. The first-order valence-electron chi connectivity index (χ1n) is 7.10. The SMILES string of the molecule is CC(=O)c1c(C)[nH]c(C(=O)Nc2ccc(N(C)C)cc2)c1C. The first-order valence-corrected chi connectivity index (χ1v) is 7.10. The van der Waals surface area contributed by atoms with Gasteiger partial charge in [-0.2, -0.15) is 0 Å². The van der Waals surface area contributed by atoms with Gasteiger partial charge < -0.3 is 15.2 Å². The quantitative estimate of drug-likeness (QED) is 0.852. The van der Waals surface area contributed by atoms with Gasteiger partial charge in [0.25, 0.3) is 5.91 Å². The second kappa shape index (κ2) is 6.05. The van der Waals surface area contributed by atoms with E-state index in [1.807, 2.05) is 43.3 Å². The molecule has 0 aliphatic heterocycles. The molecule has 22 heavy (non-hydrogen) atoms. The van der Waals surface area contributed by atoms with Gasteiger partial charge in [-0.05, 0) is 50.6 Å². The summed E-state index contributed by atoms with van der Waals surface area (Å²) < 4.78 is 0. The van der Waals surface area contributed by atoms with E-state index in [0.29, 0.717) is 22.5 Å². The first-order chi connectivity index (χ1) is 10.3. The second-order valence-electron chi connectivity index (χ2n) is 5.58. The molecule has 0 radical (unpaired) electrons. The minimum absolute atomic E-state index is 0.0411. The van der Waals surface area contributed by atoms with E-state index < -0.39 is 0 Å². The van der Waals surface area contributed by atoms with Crippen LogP contribution in [0.15, 0.2) is 24.3 Å². The molecule has 2 rings (SSSR count). The van der Waals surface area contributed by atoms with E-state index in [1.54, 1.807) is 13.8 Å². The van der Waals surface area contributed by atoms with Crippen LogP contribution in [0.2, 0.25) is 0 Å². The van der Waals surface area contributed by atoms with Crippen molar-refractivity contribution in [3.63, 3.8) is 0 Å². The van der Waals surface area contributed by atoms with Gasteiger partial charge in [0.1, 0.15) is 5.69 Å². The molecule has 0 aliphatic carbocycles. The molecule has 1 aromatic carbocycles. The molecular formula is C17H21N3O2. The maximum Gasteiger partial charge on any atom is 0.272 e. The van der Waals surface area contributed by atoms with Gasteiger partial charge in [-0.25, -0.2) is 0 Å². The van der Waals surface area contributed by atoms with E-state index in [0.717, 1.165) is 11.4 Å². The number of Topliss-reactive ketones (excluding diaryl/α,β-unsaturated/α-hetero) is 1. The van der Waals surface area contributed by atoms with E-state index in [4.69, 9.17) is 0 Å². The Morgan fingerprint density at radius 3 is 2.14 bits per heavy atom. The van der Waals surface area contributed by atoms with Crippen molar-refractivity contribution in [1.82, 2.24) is 4.98 Å². The molecule has 116 valence electrons. The van der Waals surface area contributed by atoms with Gasteiger partial charge in [-0.3, -0.25) is 9.59 Å². The molecule has 0 saturated heterocycles. The molecule has 0 unspecified atom stereocenters. The van der Waals surface area contributed by atoms with Crippen LogP contribution in [0.4, 0.5) is 11.4 Å². The molecule has 0 bridgehead atoms. The maximum absolute atomic E-state index is 12.4. The number of nitrogens with one attached hydrogen (secondary N) is 2. The lowest BCUT2D eigenvalue weighted by Gasteiger charge is -2.13. The number of hydrogen-bond donors (Lipinski definition) is 2. The molecule has 5 heteroatoms. The molecule has 0 saturated carbocycles. The van der Waals surface area contributed by atoms with Crippen LogP contribution in [0.5, 0.6) is 0 Å². The minimum atomic E-state index is -0.245. The number of carbonyl (C=O) groups excluding carboxylic acids is 2. The summed E-state index contributed by atoms with van der Waals surface area (Å²) in [5, 5.41) is 2.84. The molecular weight excluding hydrogens is 278 g/mol. The predicted octanol–water partition coefficient (Wildman–Crippen LogP) is 3.15. The van der Waals surface area contributed by atoms with Gasteiger partial charge in [0.15, 0.2) is 5.78 Å². The number of ketones is 1. The number of carbonyl (C=O) groups is 2. The van der Waals surface area contributed by atoms with Crippen molar-refractivity contribution < 1.29 is 9.59 Å². The van der Waals surface area contributed by atoms with Crippen molar-refractivity contribution >= 4 is 23.1 Å². The van der Waals surface area contributed by atoms with Crippen molar-refractivity contribution in [3.8, 4) is 0 Å². The van der Waals surface area contributed by atoms with E-state index in [9.17, 15) is 9.59 Å². The summed E-state index contributed by atoms with van der Waals surface area (Å²) in [6.07, 6.45) is 0. The molecule has 0 atom stereocenters. The normalized spacial score (nSPS) is 10.4. The van der Waals surface area contributed by atoms with E-state index in [-0.39, 0.29) is 11.7 Å². The average Bonchev–Trinajstić information content (AvgIpc) is 2.74. The van der Waals surface area contributed by atoms with Crippen LogP contribution in [-0.4, -0.2) is 30.8 Å². The third-order valence-corrected chi connectivity index (χ3v) is 3.66. The summed E-state index contributed by atoms with van der Waals surface area (Å²) in [6.45, 7) is 5.08. The lowest BCUT2D eigenvalue weighted by atomic mass is 10.1. The zero-order valence-corrected chi connectivity index (χ0v) is 13.6. The third-order valence-electron chi connectivity index (χ3n) is 3.66. The number of nitrogens with zero attached hydrogens (tertiary/aromatic N) is 1. The summed E-state index contributed by atoms with van der Waals surface area (Å²) in [5.41, 5.74) is 4.20. The highest BCUT2D eigenvalue weighted by molar-refractivity contribution is 6.07. The molecule has 0 aliphatic rings. The number of H-pyrrole nitrogens is 1. The van der Waals surface area contributed by atoms with Crippen molar-refractivity contribution in [2.75, 3.05) is 24.3 Å². The number of hydrogen-bond acceptors (Lipinski definition) is 3. The number of benzene rings is 1. The molecule has 2 N–H and O–H groups in total. The number of aryl methyl sites for hydroxylation is 1. The first kappa shape index (κ1) is 15.8. The summed E-state index contributed by atoms with van der Waals surface area (Å²) in [6, 6.07) is 7.57. The van der Waals surface area contributed by atoms with Gasteiger partial charge in [-0.1, -0.05) is 0 Å². The topological polar surface area (TPSA) is 65.2 Å². The molecule has 2 aromatic rings. The molecule has 1 aromatic heterocycles. The number of aromatic amines is 1. The number of amides is 1. The number of aromatic nitrogens is 1. The van der Waals surface area contributed by atoms with Gasteiger partial charge in [-0.15, -0.1) is 0 Å². The zero-order valence-electron chi connectivity index (χ0n) is 13.6. The van der Waals surface area contributed by atoms with E-state index in [1.165, 1.54) is 6.92 Å². The molecule has 1 heterocycles. The van der Waals surface area contributed by atoms with Crippen LogP contribution in [0.25, 0.3) is 0 Å². The Morgan fingerprint density at radius 2 is 1.68 bits per heavy atom. The van der Waals surface area contributed by atoms with Crippen LogP contribution in [0.3, 0.4) is 0 Å². The standard InChI is InChI=1S/C17H21N3O2/c1-10-15(12(3)21)11(2)18-16(10)17(22)19-13-6-8-14(9-7-13)20(4)5/h6-9,18H,1-5H3,(H,19,22). The monoisotopic (exact) mass is 299 g/mol. The van der Waals surface area contributed by atoms with Gasteiger partial charge >= 0.3 is 0 Å². The van der Waals surface area contributed by atoms with Crippen LogP contribution in [-0.2, 0) is 0 Å². The molecule has 1 amide bonds. The molecule has 0 spiro atoms. The van der Waals surface area contributed by atoms with E-state index >= 15 is 0 Å².